The molecule has 0 amide bonds. The molecule has 0 saturated carbocycles. The normalized spacial score (nSPS) is 12.8. The van der Waals surface area contributed by atoms with Gasteiger partial charge in [0.05, 0.1) is 5.56 Å². The van der Waals surface area contributed by atoms with Crippen molar-refractivity contribution >= 4 is 5.84 Å². The fraction of sp³-hybridized carbons (Fsp3) is 0.417. The minimum absolute atomic E-state index is 0.0775. The van der Waals surface area contributed by atoms with Crippen molar-refractivity contribution in [3.8, 4) is 5.75 Å². The number of halogens is 3. The number of alkyl halides is 3. The lowest BCUT2D eigenvalue weighted by molar-refractivity contribution is -0.137. The zero-order valence-corrected chi connectivity index (χ0v) is 11.1. The highest BCUT2D eigenvalue weighted by Crippen LogP contribution is 2.34. The van der Waals surface area contributed by atoms with Crippen LogP contribution in [-0.2, 0) is 6.18 Å². The Balaban J connectivity index is 3.03. The Bertz CT molecular complexity index is 487. The van der Waals surface area contributed by atoms with E-state index in [1.165, 1.54) is 6.07 Å². The predicted octanol–water partition coefficient (Wildman–Crippen LogP) is 1.74. The third-order valence-electron chi connectivity index (χ3n) is 2.49. The van der Waals surface area contributed by atoms with Gasteiger partial charge in [0.1, 0.15) is 12.4 Å². The average molecular weight is 291 g/mol. The molecule has 0 bridgehead atoms. The third-order valence-corrected chi connectivity index (χ3v) is 2.49. The van der Waals surface area contributed by atoms with Gasteiger partial charge >= 0.3 is 6.18 Å². The van der Waals surface area contributed by atoms with E-state index in [2.05, 4.69) is 5.16 Å². The van der Waals surface area contributed by atoms with Gasteiger partial charge in [-0.05, 0) is 32.3 Å². The van der Waals surface area contributed by atoms with Crippen molar-refractivity contribution in [2.75, 3.05) is 27.2 Å². The molecule has 0 atom stereocenters. The van der Waals surface area contributed by atoms with Crippen LogP contribution in [0, 0.1) is 0 Å². The number of hydrogen-bond donors (Lipinski definition) is 2. The summed E-state index contributed by atoms with van der Waals surface area (Å²) < 4.78 is 44.0. The molecule has 5 nitrogen and oxygen atoms in total. The molecule has 0 heterocycles. The molecule has 0 fully saturated rings. The van der Waals surface area contributed by atoms with E-state index in [1.54, 1.807) is 0 Å². The van der Waals surface area contributed by atoms with Crippen molar-refractivity contribution in [2.24, 2.45) is 10.9 Å². The van der Waals surface area contributed by atoms with Gasteiger partial charge in [-0.25, -0.2) is 0 Å². The number of nitrogens with zero attached hydrogens (tertiary/aromatic N) is 2. The van der Waals surface area contributed by atoms with Crippen molar-refractivity contribution in [1.82, 2.24) is 4.90 Å². The first-order valence-electron chi connectivity index (χ1n) is 5.72. The second-order valence-electron chi connectivity index (χ2n) is 4.34. The first-order chi connectivity index (χ1) is 9.25. The average Bonchev–Trinajstić information content (AvgIpc) is 2.36. The fourth-order valence-electron chi connectivity index (χ4n) is 1.47. The summed E-state index contributed by atoms with van der Waals surface area (Å²) >= 11 is 0. The number of ether oxygens (including phenoxy) is 1. The van der Waals surface area contributed by atoms with Crippen molar-refractivity contribution in [2.45, 2.75) is 6.18 Å². The van der Waals surface area contributed by atoms with Gasteiger partial charge in [0.2, 0.25) is 0 Å². The number of likely N-dealkylation sites (N-methyl/N-ethyl adjacent to an activating group) is 1. The van der Waals surface area contributed by atoms with Crippen molar-refractivity contribution in [3.05, 3.63) is 29.3 Å². The minimum atomic E-state index is -4.62. The molecule has 0 aliphatic heterocycles. The van der Waals surface area contributed by atoms with Gasteiger partial charge in [-0.15, -0.1) is 0 Å². The first-order valence-corrected chi connectivity index (χ1v) is 5.72. The molecule has 0 unspecified atom stereocenters. The van der Waals surface area contributed by atoms with E-state index in [-0.39, 0.29) is 17.9 Å². The molecule has 112 valence electrons. The van der Waals surface area contributed by atoms with E-state index < -0.39 is 17.6 Å². The van der Waals surface area contributed by atoms with Crippen LogP contribution in [0.2, 0.25) is 0 Å². The summed E-state index contributed by atoms with van der Waals surface area (Å²) in [6.45, 7) is 0.830. The summed E-state index contributed by atoms with van der Waals surface area (Å²) in [6.07, 6.45) is -4.62. The van der Waals surface area contributed by atoms with Crippen LogP contribution in [0.15, 0.2) is 23.4 Å². The monoisotopic (exact) mass is 291 g/mol. The highest BCUT2D eigenvalue weighted by atomic mass is 19.4. The van der Waals surface area contributed by atoms with Gasteiger partial charge in [-0.1, -0.05) is 5.16 Å². The van der Waals surface area contributed by atoms with Gasteiger partial charge in [0.25, 0.3) is 0 Å². The number of amidine groups is 1. The lowest BCUT2D eigenvalue weighted by atomic mass is 10.1. The quantitative estimate of drug-likeness (QED) is 0.375. The van der Waals surface area contributed by atoms with E-state index in [9.17, 15) is 13.2 Å². The molecule has 0 saturated heterocycles. The fourth-order valence-corrected chi connectivity index (χ4v) is 1.47. The number of hydrogen-bond acceptors (Lipinski definition) is 4. The molecule has 20 heavy (non-hydrogen) atoms. The number of nitrogens with two attached hydrogens (primary N) is 1. The Kier molecular flexibility index (Phi) is 5.20. The van der Waals surface area contributed by atoms with Gasteiger partial charge in [-0.2, -0.15) is 13.2 Å². The summed E-state index contributed by atoms with van der Waals surface area (Å²) in [7, 11) is 3.65. The molecule has 0 spiro atoms. The van der Waals surface area contributed by atoms with Gasteiger partial charge in [0, 0.05) is 12.1 Å². The van der Waals surface area contributed by atoms with E-state index in [4.69, 9.17) is 15.7 Å². The van der Waals surface area contributed by atoms with E-state index in [0.717, 1.165) is 12.1 Å². The maximum absolute atomic E-state index is 12.9. The zero-order valence-electron chi connectivity index (χ0n) is 11.1. The lowest BCUT2D eigenvalue weighted by Gasteiger charge is -2.15. The highest BCUT2D eigenvalue weighted by Gasteiger charge is 2.35. The maximum atomic E-state index is 12.9. The number of rotatable bonds is 5. The smallest absolute Gasteiger partial charge is 0.417 e. The Morgan fingerprint density at radius 2 is 2.05 bits per heavy atom. The van der Waals surface area contributed by atoms with Crippen molar-refractivity contribution < 1.29 is 23.1 Å². The van der Waals surface area contributed by atoms with Crippen molar-refractivity contribution in [1.29, 1.82) is 0 Å². The molecule has 8 heteroatoms. The zero-order chi connectivity index (χ0) is 15.3. The van der Waals surface area contributed by atoms with E-state index in [1.807, 2.05) is 19.0 Å². The topological polar surface area (TPSA) is 71.1 Å². The number of oxime groups is 1. The van der Waals surface area contributed by atoms with Gasteiger partial charge in [0.15, 0.2) is 5.84 Å². The van der Waals surface area contributed by atoms with Gasteiger partial charge < -0.3 is 20.6 Å². The summed E-state index contributed by atoms with van der Waals surface area (Å²) in [5.74, 6) is -0.522. The molecule has 1 aromatic rings. The molecule has 0 radical (unpaired) electrons. The summed E-state index contributed by atoms with van der Waals surface area (Å²) in [5.41, 5.74) is 3.84. The Morgan fingerprint density at radius 1 is 1.40 bits per heavy atom. The maximum Gasteiger partial charge on any atom is 0.417 e. The molecule has 0 aliphatic rings. The lowest BCUT2D eigenvalue weighted by Crippen LogP contribution is -2.21. The highest BCUT2D eigenvalue weighted by molar-refractivity contribution is 5.98. The molecule has 3 N–H and O–H groups in total. The van der Waals surface area contributed by atoms with Crippen LogP contribution in [-0.4, -0.2) is 43.2 Å². The minimum Gasteiger partial charge on any atom is -0.492 e. The molecule has 1 aromatic carbocycles. The second kappa shape index (κ2) is 6.47. The Morgan fingerprint density at radius 3 is 2.55 bits per heavy atom. The van der Waals surface area contributed by atoms with Crippen molar-refractivity contribution in [3.63, 3.8) is 0 Å². The Hall–Kier alpha value is -1.96. The van der Waals surface area contributed by atoms with Crippen LogP contribution >= 0.6 is 0 Å². The predicted molar refractivity (Wildman–Crippen MR) is 68.0 cm³/mol. The van der Waals surface area contributed by atoms with Gasteiger partial charge in [-0.3, -0.25) is 0 Å². The summed E-state index contributed by atoms with van der Waals surface area (Å²) in [4.78, 5) is 1.84. The van der Waals surface area contributed by atoms with Crippen LogP contribution in [0.4, 0.5) is 13.2 Å². The molecule has 1 rings (SSSR count). The van der Waals surface area contributed by atoms with Crippen LogP contribution in [0.1, 0.15) is 11.1 Å². The second-order valence-corrected chi connectivity index (χ2v) is 4.34. The standard InChI is InChI=1S/C12H16F3N3O2/c1-18(2)5-6-20-8-3-4-9(11(16)17-19)10(7-8)12(13,14)15/h3-4,7,19H,5-6H2,1-2H3,(H2,16,17). The SMILES string of the molecule is CN(C)CCOc1ccc(/C(N)=N/O)c(C(F)(F)F)c1. The Labute approximate surface area is 114 Å². The third kappa shape index (κ3) is 4.30. The van der Waals surface area contributed by atoms with Crippen LogP contribution < -0.4 is 10.5 Å². The summed E-state index contributed by atoms with van der Waals surface area (Å²) in [5, 5.41) is 11.1. The summed E-state index contributed by atoms with van der Waals surface area (Å²) in [6, 6.07) is 3.30. The largest absolute Gasteiger partial charge is 0.492 e. The van der Waals surface area contributed by atoms with Crippen LogP contribution in [0.25, 0.3) is 0 Å². The first kappa shape index (κ1) is 16.1. The molecular weight excluding hydrogens is 275 g/mol. The van der Waals surface area contributed by atoms with E-state index >= 15 is 0 Å². The van der Waals surface area contributed by atoms with E-state index in [0.29, 0.717) is 6.54 Å². The number of benzene rings is 1. The van der Waals surface area contributed by atoms with Crippen LogP contribution in [0.5, 0.6) is 5.75 Å². The molecular formula is C12H16F3N3O2. The van der Waals surface area contributed by atoms with Crippen LogP contribution in [0.3, 0.4) is 0 Å². The molecule has 0 aromatic heterocycles. The molecule has 0 aliphatic carbocycles.